The lowest BCUT2D eigenvalue weighted by molar-refractivity contribution is 0.194. The quantitative estimate of drug-likeness (QED) is 0.523. The van der Waals surface area contributed by atoms with E-state index in [0.29, 0.717) is 24.2 Å². The molecule has 1 unspecified atom stereocenters. The van der Waals surface area contributed by atoms with Crippen molar-refractivity contribution < 1.29 is 5.11 Å². The molecule has 0 bridgehead atoms. The Morgan fingerprint density at radius 2 is 1.88 bits per heavy atom. The number of fused-ring (bicyclic) bond motifs is 1. The molecule has 2 aromatic heterocycles. The Hall–Kier alpha value is -2.64. The van der Waals surface area contributed by atoms with Gasteiger partial charge in [-0.3, -0.25) is 4.98 Å². The highest BCUT2D eigenvalue weighted by atomic mass is 16.3. The highest BCUT2D eigenvalue weighted by Gasteiger charge is 2.24. The molecule has 1 aromatic carbocycles. The number of para-hydroxylation sites is 1. The van der Waals surface area contributed by atoms with E-state index >= 15 is 0 Å². The van der Waals surface area contributed by atoms with Crippen molar-refractivity contribution in [2.75, 3.05) is 25.0 Å². The van der Waals surface area contributed by atoms with Gasteiger partial charge in [0.05, 0.1) is 17.6 Å². The lowest BCUT2D eigenvalue weighted by Crippen LogP contribution is -2.46. The topological polar surface area (TPSA) is 92.2 Å². The molecule has 0 spiro atoms. The van der Waals surface area contributed by atoms with Crippen molar-refractivity contribution in [1.82, 2.24) is 19.4 Å². The number of benzene rings is 1. The highest BCUT2D eigenvalue weighted by Crippen LogP contribution is 2.27. The first-order valence-electron chi connectivity index (χ1n) is 11.7. The number of pyridine rings is 1. The van der Waals surface area contributed by atoms with E-state index < -0.39 is 0 Å². The van der Waals surface area contributed by atoms with Gasteiger partial charge in [-0.1, -0.05) is 26.0 Å². The van der Waals surface area contributed by atoms with Gasteiger partial charge in [0.2, 0.25) is 5.95 Å². The van der Waals surface area contributed by atoms with Crippen molar-refractivity contribution in [3.63, 3.8) is 0 Å². The van der Waals surface area contributed by atoms with Crippen molar-refractivity contribution in [3.8, 4) is 5.75 Å². The number of aryl methyl sites for hydroxylation is 2. The molecule has 0 saturated carbocycles. The number of likely N-dealkylation sites (tertiary alicyclic amines) is 1. The standard InChI is InChI=1S/C25H36N6O/c1-16(2)20(26)14-30-12-10-19(11-13-30)28-25-29-24-17(3)6-5-7-22(24)31(25)15-21-23(32)9-8-18(4)27-21/h5-9,16,19-20,32H,10-15,26H2,1-4H3,(H,28,29). The molecule has 1 atom stereocenters. The molecule has 3 aromatic rings. The molecule has 0 amide bonds. The molecule has 0 aliphatic carbocycles. The lowest BCUT2D eigenvalue weighted by atomic mass is 10.0. The summed E-state index contributed by atoms with van der Waals surface area (Å²) in [5.74, 6) is 1.56. The maximum atomic E-state index is 10.4. The number of aromatic nitrogens is 3. The van der Waals surface area contributed by atoms with Gasteiger partial charge in [-0.2, -0.15) is 0 Å². The van der Waals surface area contributed by atoms with Crippen LogP contribution in [0.25, 0.3) is 11.0 Å². The number of imidazole rings is 1. The van der Waals surface area contributed by atoms with Crippen LogP contribution in [-0.2, 0) is 6.54 Å². The van der Waals surface area contributed by atoms with Crippen LogP contribution in [0.3, 0.4) is 0 Å². The lowest BCUT2D eigenvalue weighted by Gasteiger charge is -2.34. The summed E-state index contributed by atoms with van der Waals surface area (Å²) >= 11 is 0. The Labute approximate surface area is 190 Å². The minimum atomic E-state index is 0.214. The number of anilines is 1. The van der Waals surface area contributed by atoms with Gasteiger partial charge in [0.15, 0.2) is 0 Å². The third kappa shape index (κ3) is 4.89. The Kier molecular flexibility index (Phi) is 6.67. The first-order valence-corrected chi connectivity index (χ1v) is 11.7. The number of aromatic hydroxyl groups is 1. The maximum absolute atomic E-state index is 10.4. The number of nitrogens with one attached hydrogen (secondary N) is 1. The van der Waals surface area contributed by atoms with E-state index in [0.717, 1.165) is 60.7 Å². The third-order valence-electron chi connectivity index (χ3n) is 6.62. The summed E-state index contributed by atoms with van der Waals surface area (Å²) < 4.78 is 2.14. The van der Waals surface area contributed by atoms with E-state index in [1.54, 1.807) is 6.07 Å². The molecule has 0 radical (unpaired) electrons. The fraction of sp³-hybridized carbons (Fsp3) is 0.520. The van der Waals surface area contributed by atoms with Gasteiger partial charge < -0.3 is 25.6 Å². The first kappa shape index (κ1) is 22.6. The zero-order chi connectivity index (χ0) is 22.8. The Morgan fingerprint density at radius 1 is 1.12 bits per heavy atom. The summed E-state index contributed by atoms with van der Waals surface area (Å²) in [5, 5.41) is 14.1. The average Bonchev–Trinajstić information content (AvgIpc) is 3.10. The van der Waals surface area contributed by atoms with Gasteiger partial charge in [-0.15, -0.1) is 0 Å². The summed E-state index contributed by atoms with van der Waals surface area (Å²) in [4.78, 5) is 12.0. The van der Waals surface area contributed by atoms with Crippen molar-refractivity contribution >= 4 is 17.0 Å². The smallest absolute Gasteiger partial charge is 0.204 e. The van der Waals surface area contributed by atoms with Gasteiger partial charge in [0.1, 0.15) is 11.4 Å². The third-order valence-corrected chi connectivity index (χ3v) is 6.62. The average molecular weight is 437 g/mol. The SMILES string of the molecule is Cc1ccc(O)c(Cn2c(NC3CCN(CC(N)C(C)C)CC3)nc3c(C)cccc32)n1. The molecule has 3 heterocycles. The number of nitrogens with two attached hydrogens (primary N) is 1. The molecule has 1 saturated heterocycles. The van der Waals surface area contributed by atoms with Gasteiger partial charge in [0.25, 0.3) is 0 Å². The van der Waals surface area contributed by atoms with Crippen molar-refractivity contribution in [2.45, 2.75) is 59.2 Å². The summed E-state index contributed by atoms with van der Waals surface area (Å²) in [7, 11) is 0. The minimum absolute atomic E-state index is 0.214. The number of nitrogens with zero attached hydrogens (tertiary/aromatic N) is 4. The van der Waals surface area contributed by atoms with Crippen molar-refractivity contribution in [2.24, 2.45) is 11.7 Å². The summed E-state index contributed by atoms with van der Waals surface area (Å²) in [6.07, 6.45) is 2.11. The predicted molar refractivity (Wildman–Crippen MR) is 130 cm³/mol. The number of piperidine rings is 1. The van der Waals surface area contributed by atoms with E-state index in [2.05, 4.69) is 58.7 Å². The van der Waals surface area contributed by atoms with E-state index in [1.165, 1.54) is 0 Å². The zero-order valence-electron chi connectivity index (χ0n) is 19.7. The number of hydrogen-bond acceptors (Lipinski definition) is 6. The molecule has 1 aliphatic heterocycles. The Morgan fingerprint density at radius 3 is 2.59 bits per heavy atom. The van der Waals surface area contributed by atoms with Crippen molar-refractivity contribution in [1.29, 1.82) is 0 Å². The van der Waals surface area contributed by atoms with Gasteiger partial charge >= 0.3 is 0 Å². The summed E-state index contributed by atoms with van der Waals surface area (Å²) in [6, 6.07) is 10.4. The first-order chi connectivity index (χ1) is 15.3. The fourth-order valence-corrected chi connectivity index (χ4v) is 4.38. The van der Waals surface area contributed by atoms with Crippen LogP contribution in [0.5, 0.6) is 5.75 Å². The van der Waals surface area contributed by atoms with E-state index in [4.69, 9.17) is 10.7 Å². The molecule has 172 valence electrons. The second-order valence-electron chi connectivity index (χ2n) is 9.51. The minimum Gasteiger partial charge on any atom is -0.506 e. The van der Waals surface area contributed by atoms with E-state index in [-0.39, 0.29) is 11.8 Å². The van der Waals surface area contributed by atoms with Crippen LogP contribution < -0.4 is 11.1 Å². The number of hydrogen-bond donors (Lipinski definition) is 3. The fourth-order valence-electron chi connectivity index (χ4n) is 4.38. The molecule has 4 N–H and O–H groups in total. The van der Waals surface area contributed by atoms with Crippen LogP contribution in [0.1, 0.15) is 43.6 Å². The molecule has 4 rings (SSSR count). The molecular formula is C25H36N6O. The van der Waals surface area contributed by atoms with Crippen LogP contribution in [0.2, 0.25) is 0 Å². The number of rotatable bonds is 7. The second-order valence-corrected chi connectivity index (χ2v) is 9.51. The maximum Gasteiger partial charge on any atom is 0.204 e. The van der Waals surface area contributed by atoms with Gasteiger partial charge in [-0.25, -0.2) is 4.98 Å². The van der Waals surface area contributed by atoms with Crippen LogP contribution in [-0.4, -0.2) is 56.3 Å². The normalized spacial score (nSPS) is 16.7. The van der Waals surface area contributed by atoms with Gasteiger partial charge in [0, 0.05) is 37.4 Å². The van der Waals surface area contributed by atoms with E-state index in [9.17, 15) is 5.11 Å². The molecule has 7 nitrogen and oxygen atoms in total. The van der Waals surface area contributed by atoms with E-state index in [1.807, 2.05) is 13.0 Å². The monoisotopic (exact) mass is 436 g/mol. The predicted octanol–water partition coefficient (Wildman–Crippen LogP) is 3.66. The summed E-state index contributed by atoms with van der Waals surface area (Å²) in [6.45, 7) is 11.9. The van der Waals surface area contributed by atoms with Gasteiger partial charge in [-0.05, 0) is 56.4 Å². The largest absolute Gasteiger partial charge is 0.506 e. The molecule has 1 aliphatic rings. The molecule has 7 heteroatoms. The molecule has 32 heavy (non-hydrogen) atoms. The second kappa shape index (κ2) is 9.46. The Bertz CT molecular complexity index is 1070. The van der Waals surface area contributed by atoms with Crippen LogP contribution >= 0.6 is 0 Å². The highest BCUT2D eigenvalue weighted by molar-refractivity contribution is 5.82. The molecular weight excluding hydrogens is 400 g/mol. The zero-order valence-corrected chi connectivity index (χ0v) is 19.7. The van der Waals surface area contributed by atoms with Crippen LogP contribution in [0.4, 0.5) is 5.95 Å². The molecule has 1 fully saturated rings. The van der Waals surface area contributed by atoms with Crippen LogP contribution in [0.15, 0.2) is 30.3 Å². The van der Waals surface area contributed by atoms with Crippen LogP contribution in [0, 0.1) is 19.8 Å². The van der Waals surface area contributed by atoms with Crippen molar-refractivity contribution in [3.05, 3.63) is 47.3 Å². The Balaban J connectivity index is 1.55. The summed E-state index contributed by atoms with van der Waals surface area (Å²) in [5.41, 5.74) is 11.0.